The molecule has 1 saturated heterocycles. The van der Waals surface area contributed by atoms with E-state index in [2.05, 4.69) is 5.32 Å². The van der Waals surface area contributed by atoms with Gasteiger partial charge in [0.2, 0.25) is 0 Å². The van der Waals surface area contributed by atoms with Crippen molar-refractivity contribution in [3.05, 3.63) is 59.7 Å². The van der Waals surface area contributed by atoms with E-state index in [1.807, 2.05) is 0 Å². The molecular weight excluding hydrogens is 385 g/mol. The predicted octanol–water partition coefficient (Wildman–Crippen LogP) is 4.04. The second-order valence-corrected chi connectivity index (χ2v) is 6.57. The number of imide groups is 1. The molecule has 0 spiro atoms. The molecule has 2 aromatic carbocycles. The number of nitrogens with one attached hydrogen (secondary N) is 1. The molecule has 0 aliphatic carbocycles. The third-order valence-corrected chi connectivity index (χ3v) is 4.65. The van der Waals surface area contributed by atoms with Gasteiger partial charge in [-0.05, 0) is 54.2 Å². The Morgan fingerprint density at radius 2 is 1.78 bits per heavy atom. The molecule has 2 amide bonds. The number of amides is 2. The van der Waals surface area contributed by atoms with E-state index >= 15 is 0 Å². The predicted molar refractivity (Wildman–Crippen MR) is 92.7 cm³/mol. The molecule has 1 aliphatic heterocycles. The van der Waals surface area contributed by atoms with E-state index in [1.165, 1.54) is 30.3 Å². The van der Waals surface area contributed by atoms with Crippen molar-refractivity contribution in [1.29, 1.82) is 0 Å². The van der Waals surface area contributed by atoms with Crippen LogP contribution >= 0.6 is 11.8 Å². The SMILES string of the molecule is O=C(O)c1ccc(NC2SC(=O)N(c3cccc(C(F)(F)F)c3)C2=O)cc1. The molecule has 1 atom stereocenters. The monoisotopic (exact) mass is 396 g/mol. The Balaban J connectivity index is 1.80. The van der Waals surface area contributed by atoms with Gasteiger partial charge in [-0.3, -0.25) is 9.59 Å². The summed E-state index contributed by atoms with van der Waals surface area (Å²) in [6.07, 6.45) is -4.60. The highest BCUT2D eigenvalue weighted by Gasteiger charge is 2.41. The normalized spacial score (nSPS) is 17.3. The molecule has 0 radical (unpaired) electrons. The van der Waals surface area contributed by atoms with Crippen LogP contribution in [-0.4, -0.2) is 27.6 Å². The van der Waals surface area contributed by atoms with Crippen LogP contribution in [0.25, 0.3) is 0 Å². The van der Waals surface area contributed by atoms with Crippen molar-refractivity contribution in [2.45, 2.75) is 11.6 Å². The average molecular weight is 396 g/mol. The fraction of sp³-hybridized carbons (Fsp3) is 0.118. The zero-order valence-electron chi connectivity index (χ0n) is 13.4. The number of nitrogens with zero attached hydrogens (tertiary/aromatic N) is 1. The summed E-state index contributed by atoms with van der Waals surface area (Å²) in [4.78, 5) is 36.2. The first kappa shape index (κ1) is 18.8. The summed E-state index contributed by atoms with van der Waals surface area (Å²) in [7, 11) is 0. The van der Waals surface area contributed by atoms with Crippen molar-refractivity contribution in [3.8, 4) is 0 Å². The number of hydrogen-bond acceptors (Lipinski definition) is 5. The number of aromatic carboxylic acids is 1. The molecule has 0 bridgehead atoms. The Hall–Kier alpha value is -3.01. The van der Waals surface area contributed by atoms with Crippen molar-refractivity contribution in [2.75, 3.05) is 10.2 Å². The van der Waals surface area contributed by atoms with Gasteiger partial charge < -0.3 is 10.4 Å². The summed E-state index contributed by atoms with van der Waals surface area (Å²) in [5.74, 6) is -1.83. The standard InChI is InChI=1S/C17H11F3N2O4S/c18-17(19,20)10-2-1-3-12(8-10)22-14(23)13(27-16(22)26)21-11-6-4-9(5-7-11)15(24)25/h1-8,13,21H,(H,24,25). The lowest BCUT2D eigenvalue weighted by atomic mass is 10.2. The molecule has 140 valence electrons. The van der Waals surface area contributed by atoms with Crippen molar-refractivity contribution in [2.24, 2.45) is 0 Å². The van der Waals surface area contributed by atoms with Gasteiger partial charge >= 0.3 is 12.1 Å². The summed E-state index contributed by atoms with van der Waals surface area (Å²) >= 11 is 0.624. The van der Waals surface area contributed by atoms with Gasteiger partial charge in [0.1, 0.15) is 0 Å². The fourth-order valence-electron chi connectivity index (χ4n) is 2.42. The molecule has 1 aliphatic rings. The third-order valence-electron chi connectivity index (χ3n) is 3.71. The lowest BCUT2D eigenvalue weighted by molar-refractivity contribution is -0.137. The number of rotatable bonds is 4. The maximum absolute atomic E-state index is 12.9. The first-order chi connectivity index (χ1) is 12.7. The van der Waals surface area contributed by atoms with Gasteiger partial charge in [-0.15, -0.1) is 0 Å². The van der Waals surface area contributed by atoms with Crippen LogP contribution in [0, 0.1) is 0 Å². The second-order valence-electron chi connectivity index (χ2n) is 5.51. The van der Waals surface area contributed by atoms with Crippen LogP contribution < -0.4 is 10.2 Å². The van der Waals surface area contributed by atoms with Gasteiger partial charge in [-0.1, -0.05) is 6.07 Å². The maximum Gasteiger partial charge on any atom is 0.416 e. The number of hydrogen-bond donors (Lipinski definition) is 2. The molecule has 1 heterocycles. The number of carbonyl (C=O) groups excluding carboxylic acids is 2. The highest BCUT2D eigenvalue weighted by atomic mass is 32.2. The van der Waals surface area contributed by atoms with Crippen LogP contribution in [0.2, 0.25) is 0 Å². The Morgan fingerprint density at radius 3 is 2.37 bits per heavy atom. The van der Waals surface area contributed by atoms with E-state index in [1.54, 1.807) is 0 Å². The highest BCUT2D eigenvalue weighted by Crippen LogP contribution is 2.36. The van der Waals surface area contributed by atoms with Crippen molar-refractivity contribution in [1.82, 2.24) is 0 Å². The van der Waals surface area contributed by atoms with Gasteiger partial charge in [0.15, 0.2) is 5.37 Å². The molecule has 2 aromatic rings. The number of benzene rings is 2. The topological polar surface area (TPSA) is 86.7 Å². The van der Waals surface area contributed by atoms with E-state index in [-0.39, 0.29) is 11.3 Å². The fourth-order valence-corrected chi connectivity index (χ4v) is 3.32. The molecule has 3 rings (SSSR count). The van der Waals surface area contributed by atoms with Crippen molar-refractivity contribution in [3.63, 3.8) is 0 Å². The minimum absolute atomic E-state index is 0.0487. The summed E-state index contributed by atoms with van der Waals surface area (Å²) in [6.45, 7) is 0. The van der Waals surface area contributed by atoms with Crippen LogP contribution in [0.15, 0.2) is 48.5 Å². The molecule has 2 N–H and O–H groups in total. The largest absolute Gasteiger partial charge is 0.478 e. The van der Waals surface area contributed by atoms with Gasteiger partial charge in [0.25, 0.3) is 11.1 Å². The molecule has 1 unspecified atom stereocenters. The molecule has 6 nitrogen and oxygen atoms in total. The lowest BCUT2D eigenvalue weighted by Gasteiger charge is -2.16. The molecule has 27 heavy (non-hydrogen) atoms. The molecule has 0 aromatic heterocycles. The molecule has 10 heteroatoms. The Kier molecular flexibility index (Phi) is 4.83. The molecule has 0 saturated carbocycles. The zero-order chi connectivity index (χ0) is 19.8. The van der Waals surface area contributed by atoms with E-state index < -0.39 is 34.2 Å². The van der Waals surface area contributed by atoms with Crippen LogP contribution in [0.5, 0.6) is 0 Å². The van der Waals surface area contributed by atoms with Crippen LogP contribution in [-0.2, 0) is 11.0 Å². The minimum atomic E-state index is -4.60. The van der Waals surface area contributed by atoms with Gasteiger partial charge in [-0.25, -0.2) is 9.69 Å². The summed E-state index contributed by atoms with van der Waals surface area (Å²) in [6, 6.07) is 9.44. The minimum Gasteiger partial charge on any atom is -0.478 e. The quantitative estimate of drug-likeness (QED) is 0.811. The average Bonchev–Trinajstić information content (AvgIpc) is 2.88. The Morgan fingerprint density at radius 1 is 1.11 bits per heavy atom. The highest BCUT2D eigenvalue weighted by molar-refractivity contribution is 8.16. The first-order valence-corrected chi connectivity index (χ1v) is 8.36. The maximum atomic E-state index is 12.9. The van der Waals surface area contributed by atoms with Crippen molar-refractivity contribution >= 4 is 40.3 Å². The summed E-state index contributed by atoms with van der Waals surface area (Å²) < 4.78 is 38.6. The Labute approximate surface area is 155 Å². The number of anilines is 2. The smallest absolute Gasteiger partial charge is 0.416 e. The first-order valence-electron chi connectivity index (χ1n) is 7.48. The van der Waals surface area contributed by atoms with Crippen LogP contribution in [0.1, 0.15) is 15.9 Å². The van der Waals surface area contributed by atoms with E-state index in [9.17, 15) is 27.6 Å². The van der Waals surface area contributed by atoms with Gasteiger partial charge in [0, 0.05) is 5.69 Å². The summed E-state index contributed by atoms with van der Waals surface area (Å²) in [5, 5.41) is 9.89. The molecular formula is C17H11F3N2O4S. The lowest BCUT2D eigenvalue weighted by Crippen LogP contribution is -2.34. The van der Waals surface area contributed by atoms with Crippen molar-refractivity contribution < 1.29 is 32.7 Å². The van der Waals surface area contributed by atoms with Crippen LogP contribution in [0.3, 0.4) is 0 Å². The number of carboxylic acid groups (broad SMARTS) is 1. The van der Waals surface area contributed by atoms with Crippen LogP contribution in [0.4, 0.5) is 29.3 Å². The number of carboxylic acids is 1. The number of carbonyl (C=O) groups is 3. The second kappa shape index (κ2) is 6.95. The number of alkyl halides is 3. The zero-order valence-corrected chi connectivity index (χ0v) is 14.2. The van der Waals surface area contributed by atoms with Gasteiger partial charge in [-0.2, -0.15) is 13.2 Å². The third kappa shape index (κ3) is 3.90. The van der Waals surface area contributed by atoms with E-state index in [4.69, 9.17) is 5.11 Å². The number of thioether (sulfide) groups is 1. The summed E-state index contributed by atoms with van der Waals surface area (Å²) in [5.41, 5.74) is -0.693. The number of halogens is 3. The van der Waals surface area contributed by atoms with E-state index in [0.29, 0.717) is 22.3 Å². The van der Waals surface area contributed by atoms with Gasteiger partial charge in [0.05, 0.1) is 16.8 Å². The van der Waals surface area contributed by atoms with E-state index in [0.717, 1.165) is 18.2 Å². The Bertz CT molecular complexity index is 915. The molecule has 1 fully saturated rings.